The van der Waals surface area contributed by atoms with Gasteiger partial charge in [0.2, 0.25) is 0 Å². The van der Waals surface area contributed by atoms with E-state index in [9.17, 15) is 4.79 Å². The van der Waals surface area contributed by atoms with Gasteiger partial charge in [0.1, 0.15) is 11.8 Å². The van der Waals surface area contributed by atoms with Gasteiger partial charge < -0.3 is 15.4 Å². The minimum absolute atomic E-state index is 0.158. The van der Waals surface area contributed by atoms with E-state index in [0.29, 0.717) is 18.0 Å². The predicted molar refractivity (Wildman–Crippen MR) is 123 cm³/mol. The van der Waals surface area contributed by atoms with Gasteiger partial charge in [-0.2, -0.15) is 0 Å². The second-order valence-corrected chi connectivity index (χ2v) is 8.06. The Morgan fingerprint density at radius 2 is 1.83 bits per heavy atom. The van der Waals surface area contributed by atoms with E-state index in [-0.39, 0.29) is 5.91 Å². The van der Waals surface area contributed by atoms with Crippen molar-refractivity contribution in [2.45, 2.75) is 19.9 Å². The molecule has 5 nitrogen and oxygen atoms in total. The fraction of sp³-hybridized carbons (Fsp3) is 0.167. The molecule has 1 heterocycles. The molecule has 1 amide bonds. The van der Waals surface area contributed by atoms with Crippen molar-refractivity contribution in [2.75, 3.05) is 17.2 Å². The number of carbonyl (C=O) groups is 1. The summed E-state index contributed by atoms with van der Waals surface area (Å²) in [5.74, 6) is 0.496. The summed E-state index contributed by atoms with van der Waals surface area (Å²) in [4.78, 5) is 17.8. The number of rotatable bonds is 7. The number of thiazole rings is 1. The molecule has 0 unspecified atom stereocenters. The van der Waals surface area contributed by atoms with E-state index in [0.717, 1.165) is 26.5 Å². The van der Waals surface area contributed by atoms with Crippen LogP contribution in [0.15, 0.2) is 72.8 Å². The molecule has 1 aromatic heterocycles. The molecule has 152 valence electrons. The Morgan fingerprint density at radius 3 is 2.63 bits per heavy atom. The minimum Gasteiger partial charge on any atom is -0.492 e. The molecule has 6 heteroatoms. The Labute approximate surface area is 179 Å². The Morgan fingerprint density at radius 1 is 1.07 bits per heavy atom. The number of hydrogen-bond acceptors (Lipinski definition) is 5. The zero-order valence-corrected chi connectivity index (χ0v) is 17.7. The average molecular weight is 418 g/mol. The van der Waals surface area contributed by atoms with Gasteiger partial charge in [0.25, 0.3) is 5.91 Å². The molecule has 0 saturated heterocycles. The second kappa shape index (κ2) is 8.97. The van der Waals surface area contributed by atoms with Crippen LogP contribution < -0.4 is 15.4 Å². The second-order valence-electron chi connectivity index (χ2n) is 6.82. The third-order valence-electron chi connectivity index (χ3n) is 4.65. The number of nitrogens with one attached hydrogen (secondary N) is 2. The highest BCUT2D eigenvalue weighted by Gasteiger charge is 2.22. The Kier molecular flexibility index (Phi) is 5.95. The fourth-order valence-corrected chi connectivity index (χ4v) is 4.16. The predicted octanol–water partition coefficient (Wildman–Crippen LogP) is 5.80. The maximum absolute atomic E-state index is 13.3. The van der Waals surface area contributed by atoms with Crippen molar-refractivity contribution in [3.8, 4) is 5.75 Å². The summed E-state index contributed by atoms with van der Waals surface area (Å²) in [6.45, 7) is 4.44. The fourth-order valence-electron chi connectivity index (χ4n) is 3.30. The van der Waals surface area contributed by atoms with Crippen LogP contribution in [0, 0.1) is 6.92 Å². The highest BCUT2D eigenvalue weighted by atomic mass is 32.1. The lowest BCUT2D eigenvalue weighted by Crippen LogP contribution is -2.27. The monoisotopic (exact) mass is 417 g/mol. The largest absolute Gasteiger partial charge is 0.492 e. The van der Waals surface area contributed by atoms with E-state index in [4.69, 9.17) is 4.74 Å². The normalized spacial score (nSPS) is 11.8. The number of fused-ring (bicyclic) bond motifs is 1. The zero-order valence-electron chi connectivity index (χ0n) is 16.9. The molecular weight excluding hydrogens is 394 g/mol. The number of ether oxygens (including phenoxy) is 1. The molecule has 0 aliphatic rings. The molecule has 4 rings (SSSR count). The van der Waals surface area contributed by atoms with Crippen molar-refractivity contribution in [1.29, 1.82) is 0 Å². The smallest absolute Gasteiger partial charge is 0.251 e. The van der Waals surface area contributed by atoms with Gasteiger partial charge >= 0.3 is 0 Å². The molecule has 1 atom stereocenters. The van der Waals surface area contributed by atoms with Crippen molar-refractivity contribution < 1.29 is 9.53 Å². The van der Waals surface area contributed by atoms with Crippen LogP contribution in [0.3, 0.4) is 0 Å². The number of amides is 1. The molecular formula is C24H23N3O2S. The van der Waals surface area contributed by atoms with Crippen molar-refractivity contribution in [1.82, 2.24) is 4.98 Å². The van der Waals surface area contributed by atoms with E-state index in [1.54, 1.807) is 11.3 Å². The number of anilines is 2. The molecule has 2 N–H and O–H groups in total. The number of aryl methyl sites for hydroxylation is 1. The van der Waals surface area contributed by atoms with Crippen LogP contribution in [0.5, 0.6) is 5.75 Å². The Bertz CT molecular complexity index is 1160. The first-order valence-corrected chi connectivity index (χ1v) is 10.7. The van der Waals surface area contributed by atoms with Crippen LogP contribution >= 0.6 is 11.3 Å². The van der Waals surface area contributed by atoms with Crippen LogP contribution in [0.4, 0.5) is 11.4 Å². The summed E-state index contributed by atoms with van der Waals surface area (Å²) in [5, 5.41) is 7.43. The zero-order chi connectivity index (χ0) is 20.9. The first-order valence-electron chi connectivity index (χ1n) is 9.85. The van der Waals surface area contributed by atoms with Crippen LogP contribution in [-0.4, -0.2) is 17.5 Å². The van der Waals surface area contributed by atoms with Gasteiger partial charge in [0.05, 0.1) is 27.5 Å². The maximum Gasteiger partial charge on any atom is 0.251 e. The van der Waals surface area contributed by atoms with E-state index in [2.05, 4.69) is 15.6 Å². The van der Waals surface area contributed by atoms with Gasteiger partial charge in [-0.1, -0.05) is 42.5 Å². The summed E-state index contributed by atoms with van der Waals surface area (Å²) < 4.78 is 6.74. The highest BCUT2D eigenvalue weighted by molar-refractivity contribution is 7.18. The van der Waals surface area contributed by atoms with E-state index in [1.165, 1.54) is 0 Å². The average Bonchev–Trinajstić information content (AvgIpc) is 3.13. The molecule has 0 spiro atoms. The number of nitrogens with zero attached hydrogens (tertiary/aromatic N) is 1. The molecule has 0 fully saturated rings. The molecule has 0 saturated carbocycles. The maximum atomic E-state index is 13.3. The molecule has 0 bridgehead atoms. The lowest BCUT2D eigenvalue weighted by molar-refractivity contribution is -0.117. The van der Waals surface area contributed by atoms with Crippen molar-refractivity contribution >= 4 is 38.8 Å². The summed E-state index contributed by atoms with van der Waals surface area (Å²) in [6.07, 6.45) is 0. The minimum atomic E-state index is -0.563. The van der Waals surface area contributed by atoms with Crippen LogP contribution in [-0.2, 0) is 4.79 Å². The van der Waals surface area contributed by atoms with E-state index >= 15 is 0 Å². The van der Waals surface area contributed by atoms with E-state index in [1.807, 2.05) is 86.6 Å². The molecule has 0 aliphatic carbocycles. The topological polar surface area (TPSA) is 63.2 Å². The first kappa shape index (κ1) is 19.9. The number of aromatic nitrogens is 1. The summed E-state index contributed by atoms with van der Waals surface area (Å²) >= 11 is 1.64. The lowest BCUT2D eigenvalue weighted by Gasteiger charge is -2.21. The SMILES string of the molecule is CCOc1ccccc1NC(=O)[C@H](Nc1ccc2nc(C)sc2c1)c1ccccc1. The molecule has 0 aliphatic heterocycles. The van der Waals surface area contributed by atoms with Crippen LogP contribution in [0.1, 0.15) is 23.5 Å². The van der Waals surface area contributed by atoms with Gasteiger partial charge in [0, 0.05) is 5.69 Å². The summed E-state index contributed by atoms with van der Waals surface area (Å²) in [6, 6.07) is 22.6. The van der Waals surface area contributed by atoms with E-state index < -0.39 is 6.04 Å². The third kappa shape index (κ3) is 4.44. The van der Waals surface area contributed by atoms with Crippen molar-refractivity contribution in [2.24, 2.45) is 0 Å². The van der Waals surface area contributed by atoms with Gasteiger partial charge in [-0.25, -0.2) is 4.98 Å². The molecule has 3 aromatic carbocycles. The van der Waals surface area contributed by atoms with Gasteiger partial charge in [0.15, 0.2) is 0 Å². The Balaban J connectivity index is 1.63. The van der Waals surface area contributed by atoms with Crippen molar-refractivity contribution in [3.05, 3.63) is 83.4 Å². The summed E-state index contributed by atoms with van der Waals surface area (Å²) in [7, 11) is 0. The molecule has 30 heavy (non-hydrogen) atoms. The number of carbonyl (C=O) groups excluding carboxylic acids is 1. The molecule has 0 radical (unpaired) electrons. The lowest BCUT2D eigenvalue weighted by atomic mass is 10.1. The van der Waals surface area contributed by atoms with Crippen LogP contribution in [0.2, 0.25) is 0 Å². The third-order valence-corrected chi connectivity index (χ3v) is 5.58. The van der Waals surface area contributed by atoms with Gasteiger partial charge in [-0.05, 0) is 49.7 Å². The first-order chi connectivity index (χ1) is 14.6. The Hall–Kier alpha value is -3.38. The number of benzene rings is 3. The molecule has 4 aromatic rings. The van der Waals surface area contributed by atoms with Gasteiger partial charge in [-0.15, -0.1) is 11.3 Å². The standard InChI is InChI=1S/C24H23N3O2S/c1-3-29-21-12-8-7-11-19(21)27-24(28)23(17-9-5-4-6-10-17)26-18-13-14-20-22(15-18)30-16(2)25-20/h4-15,23,26H,3H2,1-2H3,(H,27,28)/t23-/m1/s1. The van der Waals surface area contributed by atoms with Crippen molar-refractivity contribution in [3.63, 3.8) is 0 Å². The number of para-hydroxylation sites is 2. The van der Waals surface area contributed by atoms with Crippen LogP contribution in [0.25, 0.3) is 10.2 Å². The summed E-state index contributed by atoms with van der Waals surface area (Å²) in [5.41, 5.74) is 3.37. The van der Waals surface area contributed by atoms with Gasteiger partial charge in [-0.3, -0.25) is 4.79 Å². The number of hydrogen-bond donors (Lipinski definition) is 2. The quantitative estimate of drug-likeness (QED) is 0.399. The highest BCUT2D eigenvalue weighted by Crippen LogP contribution is 2.29.